The molecule has 0 aliphatic heterocycles. The molecule has 1 aromatic heterocycles. The predicted molar refractivity (Wildman–Crippen MR) is 58.8 cm³/mol. The van der Waals surface area contributed by atoms with Crippen LogP contribution in [0.2, 0.25) is 0 Å². The van der Waals surface area contributed by atoms with E-state index in [-0.39, 0.29) is 5.91 Å². The van der Waals surface area contributed by atoms with Crippen molar-refractivity contribution < 1.29 is 4.79 Å². The van der Waals surface area contributed by atoms with Crippen molar-refractivity contribution in [2.45, 2.75) is 39.2 Å². The summed E-state index contributed by atoms with van der Waals surface area (Å²) in [5.41, 5.74) is 0.794. The zero-order chi connectivity index (χ0) is 10.9. The minimum Gasteiger partial charge on any atom is -0.348 e. The van der Waals surface area contributed by atoms with Gasteiger partial charge in [0.05, 0.1) is 0 Å². The average molecular weight is 225 g/mol. The fourth-order valence-corrected chi connectivity index (χ4v) is 2.52. The molecule has 0 radical (unpaired) electrons. The molecule has 1 aliphatic rings. The monoisotopic (exact) mass is 225 g/mol. The maximum absolute atomic E-state index is 11.7. The Bertz CT molecular complexity index is 348. The molecule has 5 heteroatoms. The van der Waals surface area contributed by atoms with Crippen LogP contribution in [0, 0.1) is 5.41 Å². The highest BCUT2D eigenvalue weighted by molar-refractivity contribution is 7.03. The van der Waals surface area contributed by atoms with E-state index in [0.29, 0.717) is 17.2 Å². The molecule has 1 saturated carbocycles. The summed E-state index contributed by atoms with van der Waals surface area (Å²) in [6, 6.07) is 0.300. The summed E-state index contributed by atoms with van der Waals surface area (Å²) in [6.07, 6.45) is 3.29. The van der Waals surface area contributed by atoms with Gasteiger partial charge in [0.25, 0.3) is 5.91 Å². The third-order valence-electron chi connectivity index (χ3n) is 2.90. The molecule has 4 nitrogen and oxygen atoms in total. The van der Waals surface area contributed by atoms with Crippen molar-refractivity contribution in [3.63, 3.8) is 0 Å². The normalized spacial score (nSPS) is 24.0. The van der Waals surface area contributed by atoms with Gasteiger partial charge in [-0.2, -0.15) is 0 Å². The summed E-state index contributed by atoms with van der Waals surface area (Å²) in [6.45, 7) is 4.48. The highest BCUT2D eigenvalue weighted by atomic mass is 32.1. The minimum atomic E-state index is -0.0912. The Balaban J connectivity index is 1.91. The molecule has 1 aliphatic carbocycles. The predicted octanol–water partition coefficient (Wildman–Crippen LogP) is 1.85. The molecule has 2 rings (SSSR count). The van der Waals surface area contributed by atoms with Gasteiger partial charge in [0, 0.05) is 11.4 Å². The van der Waals surface area contributed by atoms with E-state index < -0.39 is 0 Å². The third kappa shape index (κ3) is 2.53. The molecule has 1 fully saturated rings. The van der Waals surface area contributed by atoms with Crippen molar-refractivity contribution in [3.05, 3.63) is 11.1 Å². The van der Waals surface area contributed by atoms with E-state index in [2.05, 4.69) is 28.8 Å². The lowest BCUT2D eigenvalue weighted by Crippen LogP contribution is -2.33. The van der Waals surface area contributed by atoms with Crippen molar-refractivity contribution in [2.24, 2.45) is 5.41 Å². The van der Waals surface area contributed by atoms with Crippen LogP contribution in [0.1, 0.15) is 43.6 Å². The maximum Gasteiger partial charge on any atom is 0.272 e. The van der Waals surface area contributed by atoms with Crippen molar-refractivity contribution in [3.8, 4) is 0 Å². The van der Waals surface area contributed by atoms with Gasteiger partial charge in [0.2, 0.25) is 0 Å². The number of hydrogen-bond acceptors (Lipinski definition) is 4. The van der Waals surface area contributed by atoms with Crippen LogP contribution in [0.15, 0.2) is 5.38 Å². The summed E-state index contributed by atoms with van der Waals surface area (Å²) in [5.74, 6) is -0.0912. The van der Waals surface area contributed by atoms with Crippen LogP contribution in [-0.4, -0.2) is 21.5 Å². The first kappa shape index (κ1) is 10.5. The van der Waals surface area contributed by atoms with Crippen molar-refractivity contribution >= 4 is 17.4 Å². The van der Waals surface area contributed by atoms with Crippen LogP contribution in [0.5, 0.6) is 0 Å². The molecule has 1 atom stereocenters. The molecule has 0 aromatic carbocycles. The van der Waals surface area contributed by atoms with Crippen LogP contribution in [0.3, 0.4) is 0 Å². The number of rotatable bonds is 2. The standard InChI is InChI=1S/C10H15N3OS/c1-10(2)4-3-7(5-10)11-9(14)8-6-15-13-12-8/h6-7H,3-5H2,1-2H3,(H,11,14). The van der Waals surface area contributed by atoms with Gasteiger partial charge in [-0.15, -0.1) is 5.10 Å². The topological polar surface area (TPSA) is 54.9 Å². The zero-order valence-electron chi connectivity index (χ0n) is 8.99. The first-order chi connectivity index (χ1) is 7.07. The van der Waals surface area contributed by atoms with Gasteiger partial charge in [0.1, 0.15) is 0 Å². The third-order valence-corrected chi connectivity index (χ3v) is 3.40. The fraction of sp³-hybridized carbons (Fsp3) is 0.700. The minimum absolute atomic E-state index is 0.0912. The summed E-state index contributed by atoms with van der Waals surface area (Å²) in [5, 5.41) is 8.43. The highest BCUT2D eigenvalue weighted by Gasteiger charge is 2.31. The van der Waals surface area contributed by atoms with E-state index in [9.17, 15) is 4.79 Å². The molecule has 1 heterocycles. The Kier molecular flexibility index (Phi) is 2.73. The van der Waals surface area contributed by atoms with Crippen LogP contribution >= 0.6 is 11.5 Å². The first-order valence-electron chi connectivity index (χ1n) is 5.15. The van der Waals surface area contributed by atoms with E-state index in [1.54, 1.807) is 5.38 Å². The Morgan fingerprint density at radius 3 is 3.00 bits per heavy atom. The lowest BCUT2D eigenvalue weighted by Gasteiger charge is -2.17. The SMILES string of the molecule is CC1(C)CCC(NC(=O)c2csnn2)C1. The van der Waals surface area contributed by atoms with Crippen LogP contribution in [0.4, 0.5) is 0 Å². The molecule has 1 unspecified atom stereocenters. The van der Waals surface area contributed by atoms with E-state index in [0.717, 1.165) is 12.8 Å². The quantitative estimate of drug-likeness (QED) is 0.835. The largest absolute Gasteiger partial charge is 0.348 e. The van der Waals surface area contributed by atoms with Crippen LogP contribution in [0.25, 0.3) is 0 Å². The Labute approximate surface area is 93.2 Å². The van der Waals surface area contributed by atoms with Crippen molar-refractivity contribution in [1.82, 2.24) is 14.9 Å². The molecule has 1 N–H and O–H groups in total. The van der Waals surface area contributed by atoms with Gasteiger partial charge in [-0.1, -0.05) is 18.3 Å². The smallest absolute Gasteiger partial charge is 0.272 e. The van der Waals surface area contributed by atoms with Gasteiger partial charge in [-0.25, -0.2) is 0 Å². The number of amides is 1. The van der Waals surface area contributed by atoms with Crippen LogP contribution < -0.4 is 5.32 Å². The molecular formula is C10H15N3OS. The zero-order valence-corrected chi connectivity index (χ0v) is 9.80. The number of carbonyl (C=O) groups excluding carboxylic acids is 1. The summed E-state index contributed by atoms with van der Waals surface area (Å²) < 4.78 is 3.68. The average Bonchev–Trinajstić information content (AvgIpc) is 2.74. The molecule has 0 spiro atoms. The van der Waals surface area contributed by atoms with E-state index in [4.69, 9.17) is 0 Å². The second-order valence-corrected chi connectivity index (χ2v) is 5.48. The second-order valence-electron chi connectivity index (χ2n) is 4.87. The number of hydrogen-bond donors (Lipinski definition) is 1. The highest BCUT2D eigenvalue weighted by Crippen LogP contribution is 2.36. The number of carbonyl (C=O) groups is 1. The molecule has 0 saturated heterocycles. The van der Waals surface area contributed by atoms with Gasteiger partial charge in [-0.3, -0.25) is 4.79 Å². The Morgan fingerprint density at radius 2 is 2.47 bits per heavy atom. The maximum atomic E-state index is 11.7. The van der Waals surface area contributed by atoms with Gasteiger partial charge < -0.3 is 5.32 Å². The van der Waals surface area contributed by atoms with E-state index >= 15 is 0 Å². The van der Waals surface area contributed by atoms with Gasteiger partial charge >= 0.3 is 0 Å². The van der Waals surface area contributed by atoms with Crippen LogP contribution in [-0.2, 0) is 0 Å². The lowest BCUT2D eigenvalue weighted by atomic mass is 9.92. The lowest BCUT2D eigenvalue weighted by molar-refractivity contribution is 0.0931. The summed E-state index contributed by atoms with van der Waals surface area (Å²) in [4.78, 5) is 11.7. The number of aromatic nitrogens is 2. The first-order valence-corrected chi connectivity index (χ1v) is 5.98. The molecule has 82 valence electrons. The van der Waals surface area contributed by atoms with Gasteiger partial charge in [0.15, 0.2) is 5.69 Å². The van der Waals surface area contributed by atoms with E-state index in [1.807, 2.05) is 0 Å². The van der Waals surface area contributed by atoms with Crippen molar-refractivity contribution in [2.75, 3.05) is 0 Å². The molecule has 15 heavy (non-hydrogen) atoms. The number of nitrogens with zero attached hydrogens (tertiary/aromatic N) is 2. The Hall–Kier alpha value is -0.970. The molecule has 1 amide bonds. The van der Waals surface area contributed by atoms with Crippen molar-refractivity contribution in [1.29, 1.82) is 0 Å². The Morgan fingerprint density at radius 1 is 1.67 bits per heavy atom. The van der Waals surface area contributed by atoms with Gasteiger partial charge in [-0.05, 0) is 36.2 Å². The van der Waals surface area contributed by atoms with E-state index in [1.165, 1.54) is 18.0 Å². The molecule has 1 aromatic rings. The molecule has 0 bridgehead atoms. The fourth-order valence-electron chi connectivity index (χ4n) is 2.08. The summed E-state index contributed by atoms with van der Waals surface area (Å²) in [7, 11) is 0. The number of nitrogens with one attached hydrogen (secondary N) is 1. The summed E-state index contributed by atoms with van der Waals surface area (Å²) >= 11 is 1.20. The second kappa shape index (κ2) is 3.89. The molecular weight excluding hydrogens is 210 g/mol.